The first-order valence-corrected chi connectivity index (χ1v) is 2.45. The van der Waals surface area contributed by atoms with Gasteiger partial charge in [0.25, 0.3) is 0 Å². The molecule has 32 valence electrons. The van der Waals surface area contributed by atoms with Crippen LogP contribution in [0.3, 0.4) is 0 Å². The molecule has 0 amide bonds. The summed E-state index contributed by atoms with van der Waals surface area (Å²) in [6.07, 6.45) is 1.05. The molecule has 0 heterocycles. The highest BCUT2D eigenvalue weighted by molar-refractivity contribution is 7.17. The van der Waals surface area contributed by atoms with Crippen LogP contribution in [0.15, 0.2) is 0 Å². The Bertz CT molecular complexity index is 20.9. The summed E-state index contributed by atoms with van der Waals surface area (Å²) in [6, 6.07) is 0. The molecule has 2 heteroatoms. The fourth-order valence-electron chi connectivity index (χ4n) is 0. The lowest BCUT2D eigenvalue weighted by molar-refractivity contribution is 0.870. The summed E-state index contributed by atoms with van der Waals surface area (Å²) in [6.45, 7) is 2.05. The van der Waals surface area contributed by atoms with E-state index in [1.165, 1.54) is 0 Å². The first-order chi connectivity index (χ1) is 2.27. The van der Waals surface area contributed by atoms with Crippen LogP contribution in [0, 0.1) is 0 Å². The average Bonchev–Trinajstić information content (AvgIpc) is 1.38. The van der Waals surface area contributed by atoms with E-state index >= 15 is 0 Å². The molecule has 0 radical (unpaired) electrons. The maximum atomic E-state index is 5.25. The summed E-state index contributed by atoms with van der Waals surface area (Å²) in [7, 11) is 2.51. The van der Waals surface area contributed by atoms with E-state index in [9.17, 15) is 0 Å². The molecule has 1 nitrogen and oxygen atoms in total. The van der Waals surface area contributed by atoms with Gasteiger partial charge in [0.1, 0.15) is 0 Å². The van der Waals surface area contributed by atoms with Gasteiger partial charge in [-0.1, -0.05) is 6.92 Å². The van der Waals surface area contributed by atoms with Crippen molar-refractivity contribution in [2.24, 2.45) is 5.73 Å². The summed E-state index contributed by atoms with van der Waals surface area (Å²) in [5.41, 5.74) is 5.25. The van der Waals surface area contributed by atoms with Crippen molar-refractivity contribution in [3.63, 3.8) is 0 Å². The minimum absolute atomic E-state index is 0.301. The van der Waals surface area contributed by atoms with E-state index in [-0.39, 0.29) is 0 Å². The van der Waals surface area contributed by atoms with Gasteiger partial charge in [-0.25, -0.2) is 0 Å². The van der Waals surface area contributed by atoms with Crippen molar-refractivity contribution in [2.45, 2.75) is 19.1 Å². The summed E-state index contributed by atoms with van der Waals surface area (Å²) < 4.78 is 0. The van der Waals surface area contributed by atoms with Crippen molar-refractivity contribution in [2.75, 3.05) is 0 Å². The molecule has 5 heavy (non-hydrogen) atoms. The van der Waals surface area contributed by atoms with Gasteiger partial charge in [-0.05, 0) is 6.42 Å². The Kier molecular flexibility index (Phi) is 2.82. The molecule has 2 atom stereocenters. The highest BCUT2D eigenvalue weighted by atomic mass is 31.0. The van der Waals surface area contributed by atoms with Crippen LogP contribution >= 0.6 is 9.24 Å². The highest BCUT2D eigenvalue weighted by Crippen LogP contribution is 1.92. The maximum Gasteiger partial charge on any atom is 0.0182 e. The number of hydrogen-bond donors (Lipinski definition) is 1. The largest absolute Gasteiger partial charge is 0.325 e. The van der Waals surface area contributed by atoms with E-state index in [1.54, 1.807) is 0 Å². The molecule has 0 saturated carbocycles. The number of nitrogens with two attached hydrogens (primary N) is 1. The zero-order chi connectivity index (χ0) is 4.28. The first kappa shape index (κ1) is 5.39. The molecule has 0 fully saturated rings. The second-order valence-corrected chi connectivity index (χ2v) is 1.93. The van der Waals surface area contributed by atoms with Crippen molar-refractivity contribution in [1.82, 2.24) is 0 Å². The number of rotatable bonds is 1. The van der Waals surface area contributed by atoms with E-state index in [0.29, 0.717) is 5.78 Å². The molecule has 0 aromatic rings. The lowest BCUT2D eigenvalue weighted by atomic mass is 10.5. The van der Waals surface area contributed by atoms with Crippen molar-refractivity contribution in [3.8, 4) is 0 Å². The minimum Gasteiger partial charge on any atom is -0.325 e. The monoisotopic (exact) mass is 91.1 g/mol. The van der Waals surface area contributed by atoms with Crippen LogP contribution in [0.25, 0.3) is 0 Å². The van der Waals surface area contributed by atoms with Gasteiger partial charge in [-0.15, -0.1) is 9.24 Å². The summed E-state index contributed by atoms with van der Waals surface area (Å²) in [4.78, 5) is 0. The zero-order valence-corrected chi connectivity index (χ0v) is 4.59. The van der Waals surface area contributed by atoms with Gasteiger partial charge in [0.05, 0.1) is 0 Å². The van der Waals surface area contributed by atoms with E-state index in [2.05, 4.69) is 16.2 Å². The van der Waals surface area contributed by atoms with Crippen molar-refractivity contribution < 1.29 is 0 Å². The van der Waals surface area contributed by atoms with Gasteiger partial charge >= 0.3 is 0 Å². The van der Waals surface area contributed by atoms with E-state index < -0.39 is 0 Å². The molecule has 0 spiro atoms. The lowest BCUT2D eigenvalue weighted by Gasteiger charge is -1.91. The third-order valence-corrected chi connectivity index (χ3v) is 0.943. The van der Waals surface area contributed by atoms with Gasteiger partial charge in [0, 0.05) is 5.78 Å². The Balaban J connectivity index is 2.54. The maximum absolute atomic E-state index is 5.25. The van der Waals surface area contributed by atoms with Crippen molar-refractivity contribution in [3.05, 3.63) is 0 Å². The van der Waals surface area contributed by atoms with E-state index in [0.717, 1.165) is 6.42 Å². The van der Waals surface area contributed by atoms with Crippen LogP contribution in [-0.4, -0.2) is 5.78 Å². The van der Waals surface area contributed by atoms with Gasteiger partial charge in [0.15, 0.2) is 0 Å². The third-order valence-electron chi connectivity index (χ3n) is 0.471. The Hall–Kier alpha value is 0.390. The van der Waals surface area contributed by atoms with Gasteiger partial charge in [-0.3, -0.25) is 0 Å². The molecule has 2 unspecified atom stereocenters. The molecule has 0 aliphatic carbocycles. The lowest BCUT2D eigenvalue weighted by Crippen LogP contribution is -2.07. The van der Waals surface area contributed by atoms with Crippen molar-refractivity contribution >= 4 is 9.24 Å². The summed E-state index contributed by atoms with van der Waals surface area (Å²) in [5.74, 6) is 0.301. The molecule has 0 aliphatic heterocycles. The first-order valence-electron chi connectivity index (χ1n) is 1.78. The number of hydrogen-bond acceptors (Lipinski definition) is 1. The topological polar surface area (TPSA) is 26.0 Å². The summed E-state index contributed by atoms with van der Waals surface area (Å²) >= 11 is 0. The Morgan fingerprint density at radius 1 is 2.00 bits per heavy atom. The van der Waals surface area contributed by atoms with Gasteiger partial charge in [0.2, 0.25) is 0 Å². The van der Waals surface area contributed by atoms with Crippen LogP contribution in [-0.2, 0) is 0 Å². The van der Waals surface area contributed by atoms with Crippen LogP contribution < -0.4 is 5.73 Å². The van der Waals surface area contributed by atoms with Crippen LogP contribution in [0.5, 0.6) is 0 Å². The minimum atomic E-state index is 0.301. The normalized spacial score (nSPS) is 15.0. The molecule has 0 rings (SSSR count). The Morgan fingerprint density at radius 3 is 2.20 bits per heavy atom. The molecular weight excluding hydrogens is 81.0 g/mol. The summed E-state index contributed by atoms with van der Waals surface area (Å²) in [5, 5.41) is 0. The van der Waals surface area contributed by atoms with Gasteiger partial charge in [-0.2, -0.15) is 0 Å². The average molecular weight is 91.1 g/mol. The van der Waals surface area contributed by atoms with Crippen LogP contribution in [0.4, 0.5) is 0 Å². The van der Waals surface area contributed by atoms with E-state index in [1.807, 2.05) is 0 Å². The molecule has 2 N–H and O–H groups in total. The van der Waals surface area contributed by atoms with Crippen LogP contribution in [0.1, 0.15) is 13.3 Å². The van der Waals surface area contributed by atoms with Crippen LogP contribution in [0.2, 0.25) is 0 Å². The second kappa shape index (κ2) is 2.62. The van der Waals surface area contributed by atoms with Crippen molar-refractivity contribution in [1.29, 1.82) is 0 Å². The fourth-order valence-corrected chi connectivity index (χ4v) is 0. The second-order valence-electron chi connectivity index (χ2n) is 1.07. The molecule has 0 bridgehead atoms. The molecule has 0 aromatic heterocycles. The van der Waals surface area contributed by atoms with Gasteiger partial charge < -0.3 is 5.73 Å². The van der Waals surface area contributed by atoms with E-state index in [4.69, 9.17) is 5.73 Å². The molecule has 0 aliphatic rings. The molecular formula is C3H10NP. The fraction of sp³-hybridized carbons (Fsp3) is 1.00. The third kappa shape index (κ3) is 4.39. The smallest absolute Gasteiger partial charge is 0.0182 e. The SMILES string of the molecule is CCC(N)P. The highest BCUT2D eigenvalue weighted by Gasteiger charge is 1.79. The predicted molar refractivity (Wildman–Crippen MR) is 28.0 cm³/mol. The molecule has 0 aromatic carbocycles. The Labute approximate surface area is 35.1 Å². The Morgan fingerprint density at radius 2 is 2.20 bits per heavy atom. The zero-order valence-electron chi connectivity index (χ0n) is 3.44. The standard InChI is InChI=1S/C3H10NP/c1-2-3(4)5/h3H,2,4-5H2,1H3. The molecule has 0 saturated heterocycles. The predicted octanol–water partition coefficient (Wildman–Crippen LogP) is 0.556. The quantitative estimate of drug-likeness (QED) is 0.469.